The standard InChI is InChI=1S/C11H22N2O3/c1-11(2,3)13(10(15)16)7-8-6-12-5-4-9(8)14/h8-9,12,14H,4-7H2,1-3H3,(H,15,16). The van der Waals surface area contributed by atoms with Crippen LogP contribution in [-0.2, 0) is 0 Å². The Labute approximate surface area is 96.4 Å². The average Bonchev–Trinajstić information content (AvgIpc) is 2.14. The number of hydrogen-bond donors (Lipinski definition) is 3. The molecule has 0 saturated carbocycles. The van der Waals surface area contributed by atoms with Crippen molar-refractivity contribution in [3.05, 3.63) is 0 Å². The second-order valence-electron chi connectivity index (χ2n) is 5.38. The van der Waals surface area contributed by atoms with E-state index in [1.54, 1.807) is 0 Å². The maximum Gasteiger partial charge on any atom is 0.407 e. The van der Waals surface area contributed by atoms with Crippen LogP contribution in [0, 0.1) is 5.92 Å². The Kier molecular flexibility index (Phi) is 4.15. The van der Waals surface area contributed by atoms with E-state index in [0.717, 1.165) is 6.54 Å². The van der Waals surface area contributed by atoms with Gasteiger partial charge < -0.3 is 20.4 Å². The van der Waals surface area contributed by atoms with Crippen LogP contribution in [0.15, 0.2) is 0 Å². The zero-order chi connectivity index (χ0) is 12.3. The van der Waals surface area contributed by atoms with E-state index in [-0.39, 0.29) is 5.92 Å². The van der Waals surface area contributed by atoms with Gasteiger partial charge in [0.05, 0.1) is 6.10 Å². The van der Waals surface area contributed by atoms with E-state index in [0.29, 0.717) is 19.5 Å². The normalized spacial score (nSPS) is 26.5. The van der Waals surface area contributed by atoms with Gasteiger partial charge in [-0.2, -0.15) is 0 Å². The van der Waals surface area contributed by atoms with Gasteiger partial charge in [-0.1, -0.05) is 0 Å². The molecule has 0 aromatic heterocycles. The minimum absolute atomic E-state index is 0.0101. The molecule has 1 amide bonds. The van der Waals surface area contributed by atoms with Crippen molar-refractivity contribution in [3.8, 4) is 0 Å². The predicted octanol–water partition coefficient (Wildman–Crippen LogP) is 0.735. The Hall–Kier alpha value is -0.810. The average molecular weight is 230 g/mol. The van der Waals surface area contributed by atoms with Gasteiger partial charge in [-0.05, 0) is 33.7 Å². The lowest BCUT2D eigenvalue weighted by molar-refractivity contribution is 0.0327. The summed E-state index contributed by atoms with van der Waals surface area (Å²) in [4.78, 5) is 12.5. The molecular formula is C11H22N2O3. The third kappa shape index (κ3) is 3.35. The van der Waals surface area contributed by atoms with E-state index in [9.17, 15) is 9.90 Å². The predicted molar refractivity (Wildman–Crippen MR) is 61.5 cm³/mol. The number of nitrogens with one attached hydrogen (secondary N) is 1. The molecule has 2 atom stereocenters. The number of hydrogen-bond acceptors (Lipinski definition) is 3. The Morgan fingerprint density at radius 1 is 1.50 bits per heavy atom. The first-order valence-corrected chi connectivity index (χ1v) is 5.71. The van der Waals surface area contributed by atoms with Crippen molar-refractivity contribution in [3.63, 3.8) is 0 Å². The number of aliphatic hydroxyl groups is 1. The van der Waals surface area contributed by atoms with E-state index in [4.69, 9.17) is 5.11 Å². The van der Waals surface area contributed by atoms with Crippen LogP contribution in [-0.4, -0.2) is 52.5 Å². The Morgan fingerprint density at radius 3 is 2.56 bits per heavy atom. The summed E-state index contributed by atoms with van der Waals surface area (Å²) in [6.45, 7) is 7.46. The number of rotatable bonds is 2. The molecule has 0 aliphatic carbocycles. The highest BCUT2D eigenvalue weighted by atomic mass is 16.4. The fourth-order valence-corrected chi connectivity index (χ4v) is 1.97. The number of amides is 1. The summed E-state index contributed by atoms with van der Waals surface area (Å²) in [7, 11) is 0. The van der Waals surface area contributed by atoms with E-state index in [2.05, 4.69) is 5.32 Å². The molecule has 1 rings (SSSR count). The quantitative estimate of drug-likeness (QED) is 0.654. The van der Waals surface area contributed by atoms with Crippen molar-refractivity contribution in [2.45, 2.75) is 38.8 Å². The fourth-order valence-electron chi connectivity index (χ4n) is 1.97. The van der Waals surface area contributed by atoms with Crippen molar-refractivity contribution in [2.24, 2.45) is 5.92 Å². The molecule has 1 fully saturated rings. The summed E-state index contributed by atoms with van der Waals surface area (Å²) in [5, 5.41) is 22.1. The zero-order valence-electron chi connectivity index (χ0n) is 10.2. The summed E-state index contributed by atoms with van der Waals surface area (Å²) >= 11 is 0. The van der Waals surface area contributed by atoms with E-state index >= 15 is 0 Å². The van der Waals surface area contributed by atoms with Crippen molar-refractivity contribution in [1.82, 2.24) is 10.2 Å². The van der Waals surface area contributed by atoms with Gasteiger partial charge in [0.1, 0.15) is 0 Å². The molecular weight excluding hydrogens is 208 g/mol. The van der Waals surface area contributed by atoms with Crippen LogP contribution in [0.5, 0.6) is 0 Å². The van der Waals surface area contributed by atoms with Gasteiger partial charge in [-0.3, -0.25) is 0 Å². The number of aliphatic hydroxyl groups excluding tert-OH is 1. The largest absolute Gasteiger partial charge is 0.465 e. The van der Waals surface area contributed by atoms with Gasteiger partial charge in [-0.25, -0.2) is 4.79 Å². The molecule has 1 aliphatic heterocycles. The van der Waals surface area contributed by atoms with Crippen LogP contribution in [0.25, 0.3) is 0 Å². The summed E-state index contributed by atoms with van der Waals surface area (Å²) in [5.74, 6) is -0.0101. The number of piperidine rings is 1. The topological polar surface area (TPSA) is 72.8 Å². The van der Waals surface area contributed by atoms with Crippen LogP contribution in [0.4, 0.5) is 4.79 Å². The molecule has 5 nitrogen and oxygen atoms in total. The summed E-state index contributed by atoms with van der Waals surface area (Å²) in [6, 6.07) is 0. The summed E-state index contributed by atoms with van der Waals surface area (Å²) in [5.41, 5.74) is -0.428. The van der Waals surface area contributed by atoms with Crippen molar-refractivity contribution < 1.29 is 15.0 Å². The van der Waals surface area contributed by atoms with Crippen LogP contribution in [0.1, 0.15) is 27.2 Å². The molecule has 3 N–H and O–H groups in total. The minimum atomic E-state index is -0.926. The van der Waals surface area contributed by atoms with E-state index < -0.39 is 17.7 Å². The first-order valence-electron chi connectivity index (χ1n) is 5.71. The Bertz CT molecular complexity index is 250. The van der Waals surface area contributed by atoms with Crippen molar-refractivity contribution >= 4 is 6.09 Å². The molecule has 16 heavy (non-hydrogen) atoms. The molecule has 0 aromatic carbocycles. The van der Waals surface area contributed by atoms with Gasteiger partial charge >= 0.3 is 6.09 Å². The van der Waals surface area contributed by atoms with Crippen molar-refractivity contribution in [1.29, 1.82) is 0 Å². The number of carbonyl (C=O) groups is 1. The Balaban J connectivity index is 2.64. The second kappa shape index (κ2) is 5.01. The monoisotopic (exact) mass is 230 g/mol. The second-order valence-corrected chi connectivity index (χ2v) is 5.38. The lowest BCUT2D eigenvalue weighted by Gasteiger charge is -2.38. The van der Waals surface area contributed by atoms with Crippen LogP contribution in [0.3, 0.4) is 0 Å². The highest BCUT2D eigenvalue weighted by molar-refractivity contribution is 5.66. The SMILES string of the molecule is CC(C)(C)N(CC1CNCCC1O)C(=O)O. The van der Waals surface area contributed by atoms with Gasteiger partial charge in [0, 0.05) is 24.5 Å². The zero-order valence-corrected chi connectivity index (χ0v) is 10.2. The third-order valence-corrected chi connectivity index (χ3v) is 3.03. The van der Waals surface area contributed by atoms with E-state index in [1.165, 1.54) is 4.90 Å². The molecule has 5 heteroatoms. The molecule has 0 aromatic rings. The third-order valence-electron chi connectivity index (χ3n) is 3.03. The smallest absolute Gasteiger partial charge is 0.407 e. The lowest BCUT2D eigenvalue weighted by Crippen LogP contribution is -2.52. The van der Waals surface area contributed by atoms with Crippen molar-refractivity contribution in [2.75, 3.05) is 19.6 Å². The van der Waals surface area contributed by atoms with Crippen LogP contribution >= 0.6 is 0 Å². The van der Waals surface area contributed by atoms with Crippen LogP contribution in [0.2, 0.25) is 0 Å². The van der Waals surface area contributed by atoms with Crippen LogP contribution < -0.4 is 5.32 Å². The first kappa shape index (κ1) is 13.3. The number of nitrogens with zero attached hydrogens (tertiary/aromatic N) is 1. The molecule has 1 saturated heterocycles. The highest BCUT2D eigenvalue weighted by Gasteiger charge is 2.32. The molecule has 1 heterocycles. The van der Waals surface area contributed by atoms with E-state index in [1.807, 2.05) is 20.8 Å². The number of carboxylic acid groups (broad SMARTS) is 1. The maximum atomic E-state index is 11.2. The summed E-state index contributed by atoms with van der Waals surface area (Å²) < 4.78 is 0. The van der Waals surface area contributed by atoms with Gasteiger partial charge in [0.2, 0.25) is 0 Å². The molecule has 2 unspecified atom stereocenters. The lowest BCUT2D eigenvalue weighted by atomic mass is 9.94. The first-order chi connectivity index (χ1) is 7.32. The molecule has 94 valence electrons. The molecule has 0 bridgehead atoms. The maximum absolute atomic E-state index is 11.2. The van der Waals surface area contributed by atoms with Gasteiger partial charge in [-0.15, -0.1) is 0 Å². The Morgan fingerprint density at radius 2 is 2.12 bits per heavy atom. The fraction of sp³-hybridized carbons (Fsp3) is 0.909. The molecule has 1 aliphatic rings. The molecule has 0 spiro atoms. The highest BCUT2D eigenvalue weighted by Crippen LogP contribution is 2.19. The molecule has 0 radical (unpaired) electrons. The summed E-state index contributed by atoms with van der Waals surface area (Å²) in [6.07, 6.45) is -0.627. The van der Waals surface area contributed by atoms with Gasteiger partial charge in [0.15, 0.2) is 0 Å². The van der Waals surface area contributed by atoms with Gasteiger partial charge in [0.25, 0.3) is 0 Å². The minimum Gasteiger partial charge on any atom is -0.465 e.